The Morgan fingerprint density at radius 3 is 1.24 bits per heavy atom. The van der Waals surface area contributed by atoms with Crippen LogP contribution >= 0.6 is 0 Å². The van der Waals surface area contributed by atoms with Crippen molar-refractivity contribution in [2.24, 2.45) is 0 Å². The molecule has 42 heavy (non-hydrogen) atoms. The highest BCUT2D eigenvalue weighted by Crippen LogP contribution is 2.63. The number of carbonyl (C=O) groups is 3. The third-order valence-electron chi connectivity index (χ3n) is 8.61. The second kappa shape index (κ2) is 9.72. The van der Waals surface area contributed by atoms with Crippen molar-refractivity contribution < 1.29 is 19.1 Å². The molecule has 2 bridgehead atoms. The predicted molar refractivity (Wildman–Crippen MR) is 161 cm³/mol. The first-order valence-corrected chi connectivity index (χ1v) is 13.9. The Morgan fingerprint density at radius 2 is 0.810 bits per heavy atom. The van der Waals surface area contributed by atoms with Gasteiger partial charge in [0.25, 0.3) is 0 Å². The summed E-state index contributed by atoms with van der Waals surface area (Å²) in [6.07, 6.45) is 0. The van der Waals surface area contributed by atoms with Crippen molar-refractivity contribution in [3.05, 3.63) is 190 Å². The minimum atomic E-state index is -1.60. The largest absolute Gasteiger partial charge is 0.364 e. The molecule has 4 nitrogen and oxygen atoms in total. The van der Waals surface area contributed by atoms with Gasteiger partial charge < -0.3 is 4.74 Å². The fourth-order valence-corrected chi connectivity index (χ4v) is 6.94. The van der Waals surface area contributed by atoms with Gasteiger partial charge in [-0.1, -0.05) is 140 Å². The van der Waals surface area contributed by atoms with Gasteiger partial charge in [-0.05, 0) is 22.3 Å². The van der Waals surface area contributed by atoms with Crippen molar-refractivity contribution in [2.75, 3.05) is 7.11 Å². The summed E-state index contributed by atoms with van der Waals surface area (Å²) < 4.78 is 6.48. The minimum Gasteiger partial charge on any atom is -0.364 e. The quantitative estimate of drug-likeness (QED) is 0.204. The van der Waals surface area contributed by atoms with Crippen molar-refractivity contribution in [3.8, 4) is 0 Å². The zero-order valence-electron chi connectivity index (χ0n) is 22.9. The van der Waals surface area contributed by atoms with Crippen molar-refractivity contribution in [1.29, 1.82) is 0 Å². The number of allylic oxidation sites excluding steroid dienone is 1. The van der Waals surface area contributed by atoms with E-state index in [1.807, 2.05) is 78.9 Å². The Morgan fingerprint density at radius 1 is 0.452 bits per heavy atom. The van der Waals surface area contributed by atoms with Crippen molar-refractivity contribution in [2.45, 2.75) is 11.0 Å². The van der Waals surface area contributed by atoms with Gasteiger partial charge in [-0.3, -0.25) is 14.4 Å². The van der Waals surface area contributed by atoms with Crippen LogP contribution in [0.3, 0.4) is 0 Å². The topological polar surface area (TPSA) is 60.4 Å². The first-order valence-electron chi connectivity index (χ1n) is 13.9. The van der Waals surface area contributed by atoms with E-state index < -0.39 is 11.0 Å². The highest BCUT2D eigenvalue weighted by atomic mass is 16.5. The second-order valence-electron chi connectivity index (χ2n) is 10.6. The number of hydrogen-bond donors (Lipinski definition) is 0. The molecule has 0 amide bonds. The molecule has 0 heterocycles. The Bertz CT molecular complexity index is 1860. The van der Waals surface area contributed by atoms with Crippen LogP contribution in [0, 0.1) is 0 Å². The lowest BCUT2D eigenvalue weighted by Gasteiger charge is -2.55. The standard InChI is InChI=1S/C38H26O4/c1-42-38-30-23-13-11-21-28(30)37(29-22-12-14-24-31(29)38,36(41)27-19-9-4-10-20-27)32(34(39)25-15-5-2-6-16-25)33(38)35(40)26-17-7-3-8-18-26/h2-24H,1H3. The third-order valence-corrected chi connectivity index (χ3v) is 8.61. The summed E-state index contributed by atoms with van der Waals surface area (Å²) in [6, 6.07) is 41.8. The summed E-state index contributed by atoms with van der Waals surface area (Å²) in [6.45, 7) is 0. The van der Waals surface area contributed by atoms with E-state index in [-0.39, 0.29) is 28.5 Å². The van der Waals surface area contributed by atoms with Crippen LogP contribution in [0.25, 0.3) is 0 Å². The molecule has 0 aliphatic heterocycles. The van der Waals surface area contributed by atoms with Crippen molar-refractivity contribution in [1.82, 2.24) is 0 Å². The van der Waals surface area contributed by atoms with Crippen LogP contribution in [0.5, 0.6) is 0 Å². The fraction of sp³-hybridized carbons (Fsp3) is 0.0789. The van der Waals surface area contributed by atoms with Gasteiger partial charge >= 0.3 is 0 Å². The number of ether oxygens (including phenoxy) is 1. The minimum absolute atomic E-state index is 0.135. The lowest BCUT2D eigenvalue weighted by molar-refractivity contribution is 0.0363. The molecule has 5 aromatic carbocycles. The van der Waals surface area contributed by atoms with Gasteiger partial charge in [0.2, 0.25) is 0 Å². The molecule has 0 atom stereocenters. The maximum atomic E-state index is 15.2. The SMILES string of the molecule is COC12C(C(=O)c3ccccc3)=C(C(=O)c3ccccc3)C(C(=O)c3ccccc3)(c3ccccc31)c1ccccc12. The number of methoxy groups -OCH3 is 1. The number of rotatable bonds is 7. The van der Waals surface area contributed by atoms with Gasteiger partial charge in [-0.25, -0.2) is 0 Å². The summed E-state index contributed by atoms with van der Waals surface area (Å²) in [5, 5.41) is 0. The number of benzene rings is 5. The van der Waals surface area contributed by atoms with E-state index in [9.17, 15) is 9.59 Å². The maximum Gasteiger partial charge on any atom is 0.193 e. The van der Waals surface area contributed by atoms with Gasteiger partial charge in [0.05, 0.1) is 0 Å². The third kappa shape index (κ3) is 3.30. The van der Waals surface area contributed by atoms with E-state index in [0.717, 1.165) is 0 Å². The first-order chi connectivity index (χ1) is 20.6. The summed E-state index contributed by atoms with van der Waals surface area (Å²) in [5.74, 6) is -1.01. The first kappa shape index (κ1) is 25.8. The average molecular weight is 547 g/mol. The maximum absolute atomic E-state index is 15.2. The molecule has 4 heteroatoms. The Labute approximate surface area is 243 Å². The highest BCUT2D eigenvalue weighted by Gasteiger charge is 2.66. The van der Waals surface area contributed by atoms with Gasteiger partial charge in [-0.15, -0.1) is 0 Å². The van der Waals surface area contributed by atoms with Crippen LogP contribution in [0.2, 0.25) is 0 Å². The lowest BCUT2D eigenvalue weighted by atomic mass is 9.47. The molecule has 8 rings (SSSR count). The molecule has 202 valence electrons. The summed E-state index contributed by atoms with van der Waals surface area (Å²) in [5.41, 5.74) is 1.18. The van der Waals surface area contributed by atoms with E-state index in [4.69, 9.17) is 4.74 Å². The van der Waals surface area contributed by atoms with Gasteiger partial charge in [0, 0.05) is 34.9 Å². The molecule has 0 radical (unpaired) electrons. The Kier molecular flexibility index (Phi) is 5.96. The van der Waals surface area contributed by atoms with E-state index in [2.05, 4.69) is 0 Å². The molecule has 3 aliphatic carbocycles. The summed E-state index contributed by atoms with van der Waals surface area (Å²) >= 11 is 0. The smallest absolute Gasteiger partial charge is 0.193 e. The molecule has 0 N–H and O–H groups in total. The lowest BCUT2D eigenvalue weighted by Crippen LogP contribution is -2.58. The molecule has 0 aromatic heterocycles. The summed E-state index contributed by atoms with van der Waals surface area (Å²) in [7, 11) is 1.56. The van der Waals surface area contributed by atoms with Crippen LogP contribution in [0.15, 0.2) is 151 Å². The fourth-order valence-electron chi connectivity index (χ4n) is 6.94. The van der Waals surface area contributed by atoms with Crippen molar-refractivity contribution in [3.63, 3.8) is 0 Å². The number of carbonyl (C=O) groups excluding carboxylic acids is 3. The Hall–Kier alpha value is -5.19. The van der Waals surface area contributed by atoms with Crippen molar-refractivity contribution >= 4 is 17.3 Å². The number of hydrogen-bond acceptors (Lipinski definition) is 4. The molecule has 0 fully saturated rings. The summed E-state index contributed by atoms with van der Waals surface area (Å²) in [4.78, 5) is 45.0. The van der Waals surface area contributed by atoms with E-state index in [1.54, 1.807) is 67.8 Å². The van der Waals surface area contributed by atoms with Gasteiger partial charge in [-0.2, -0.15) is 0 Å². The predicted octanol–water partition coefficient (Wildman–Crippen LogP) is 7.14. The Balaban J connectivity index is 1.71. The monoisotopic (exact) mass is 546 g/mol. The molecule has 3 aliphatic rings. The molecule has 0 unspecified atom stereocenters. The van der Waals surface area contributed by atoms with Crippen LogP contribution in [0.1, 0.15) is 53.3 Å². The molecular formula is C38H26O4. The average Bonchev–Trinajstić information content (AvgIpc) is 3.08. The van der Waals surface area contributed by atoms with Crippen LogP contribution in [-0.4, -0.2) is 24.5 Å². The normalized spacial score (nSPS) is 20.0. The highest BCUT2D eigenvalue weighted by molar-refractivity contribution is 6.28. The zero-order valence-corrected chi connectivity index (χ0v) is 22.9. The van der Waals surface area contributed by atoms with E-state index in [0.29, 0.717) is 38.9 Å². The molecule has 0 spiro atoms. The molecule has 0 saturated heterocycles. The molecular weight excluding hydrogens is 520 g/mol. The van der Waals surface area contributed by atoms with E-state index >= 15 is 4.79 Å². The van der Waals surface area contributed by atoms with Crippen LogP contribution < -0.4 is 0 Å². The second-order valence-corrected chi connectivity index (χ2v) is 10.6. The number of ketones is 3. The van der Waals surface area contributed by atoms with Gasteiger partial charge in [0.15, 0.2) is 17.3 Å². The zero-order chi connectivity index (χ0) is 28.9. The van der Waals surface area contributed by atoms with Crippen LogP contribution in [-0.2, 0) is 15.8 Å². The number of Topliss-reactive ketones (excluding diaryl/α,β-unsaturated/α-hetero) is 3. The van der Waals surface area contributed by atoms with Gasteiger partial charge in [0.1, 0.15) is 11.0 Å². The molecule has 5 aromatic rings. The van der Waals surface area contributed by atoms with Crippen LogP contribution in [0.4, 0.5) is 0 Å². The van der Waals surface area contributed by atoms with E-state index in [1.165, 1.54) is 0 Å². The molecule has 0 saturated carbocycles.